The molecule has 0 atom stereocenters. The molecular weight excluding hydrogens is 234 g/mol. The first-order chi connectivity index (χ1) is 9.00. The first kappa shape index (κ1) is 13.7. The molecule has 0 N–H and O–H groups in total. The maximum absolute atomic E-state index is 12.7. The number of aromatic nitrogens is 1. The van der Waals surface area contributed by atoms with Crippen LogP contribution in [0.4, 0.5) is 0 Å². The number of pyridine rings is 1. The van der Waals surface area contributed by atoms with Gasteiger partial charge in [-0.05, 0) is 36.1 Å². The number of hydrogen-bond acceptors (Lipinski definition) is 2. The highest BCUT2D eigenvalue weighted by Gasteiger charge is 2.26. The van der Waals surface area contributed by atoms with E-state index in [0.29, 0.717) is 11.8 Å². The predicted octanol–water partition coefficient (Wildman–Crippen LogP) is 4.35. The fourth-order valence-electron chi connectivity index (χ4n) is 2.80. The van der Waals surface area contributed by atoms with Crippen LogP contribution < -0.4 is 0 Å². The summed E-state index contributed by atoms with van der Waals surface area (Å²) < 4.78 is 0. The Balaban J connectivity index is 2.40. The molecule has 0 aliphatic rings. The molecule has 0 radical (unpaired) electrons. The number of fused-ring (bicyclic) bond motifs is 1. The Morgan fingerprint density at radius 2 is 1.74 bits per heavy atom. The van der Waals surface area contributed by atoms with Crippen LogP contribution in [0.1, 0.15) is 38.1 Å². The summed E-state index contributed by atoms with van der Waals surface area (Å²) in [7, 11) is 0. The summed E-state index contributed by atoms with van der Waals surface area (Å²) >= 11 is 0. The van der Waals surface area contributed by atoms with E-state index in [1.54, 1.807) is 6.20 Å². The molecule has 1 aromatic heterocycles. The second-order valence-electron chi connectivity index (χ2n) is 5.79. The van der Waals surface area contributed by atoms with Crippen molar-refractivity contribution in [2.45, 2.75) is 27.7 Å². The monoisotopic (exact) mass is 255 g/mol. The largest absolute Gasteiger partial charge is 0.294 e. The van der Waals surface area contributed by atoms with Crippen molar-refractivity contribution in [3.05, 3.63) is 42.1 Å². The third-order valence-electron chi connectivity index (χ3n) is 3.63. The number of benzene rings is 1. The average Bonchev–Trinajstić information content (AvgIpc) is 2.37. The van der Waals surface area contributed by atoms with Crippen molar-refractivity contribution >= 4 is 16.7 Å². The Hall–Kier alpha value is -1.70. The van der Waals surface area contributed by atoms with Gasteiger partial charge in [-0.1, -0.05) is 33.8 Å². The highest BCUT2D eigenvalue weighted by atomic mass is 16.1. The first-order valence-corrected chi connectivity index (χ1v) is 6.89. The van der Waals surface area contributed by atoms with Gasteiger partial charge in [-0.15, -0.1) is 0 Å². The summed E-state index contributed by atoms with van der Waals surface area (Å²) in [6, 6.07) is 9.69. The van der Waals surface area contributed by atoms with Gasteiger partial charge in [-0.25, -0.2) is 0 Å². The minimum absolute atomic E-state index is 0.0779. The van der Waals surface area contributed by atoms with Gasteiger partial charge in [0.1, 0.15) is 0 Å². The molecule has 2 rings (SSSR count). The lowest BCUT2D eigenvalue weighted by Gasteiger charge is -2.23. The lowest BCUT2D eigenvalue weighted by molar-refractivity contribution is 0.0840. The lowest BCUT2D eigenvalue weighted by atomic mass is 9.80. The van der Waals surface area contributed by atoms with Gasteiger partial charge in [0.05, 0.1) is 5.52 Å². The molecule has 0 unspecified atom stereocenters. The zero-order chi connectivity index (χ0) is 14.0. The predicted molar refractivity (Wildman–Crippen MR) is 79.2 cm³/mol. The second-order valence-corrected chi connectivity index (χ2v) is 5.79. The Bertz CT molecular complexity index is 579. The van der Waals surface area contributed by atoms with Gasteiger partial charge in [0.25, 0.3) is 0 Å². The van der Waals surface area contributed by atoms with Crippen LogP contribution in [0.15, 0.2) is 36.5 Å². The summed E-state index contributed by atoms with van der Waals surface area (Å²) in [6.45, 7) is 8.46. The zero-order valence-electron chi connectivity index (χ0n) is 12.1. The van der Waals surface area contributed by atoms with Crippen LogP contribution >= 0.6 is 0 Å². The van der Waals surface area contributed by atoms with Crippen LogP contribution in [0.5, 0.6) is 0 Å². The molecular formula is C17H21NO. The Morgan fingerprint density at radius 1 is 1.05 bits per heavy atom. The maximum atomic E-state index is 12.7. The fourth-order valence-corrected chi connectivity index (χ4v) is 2.80. The van der Waals surface area contributed by atoms with Crippen LogP contribution in [0.25, 0.3) is 10.9 Å². The van der Waals surface area contributed by atoms with Crippen molar-refractivity contribution in [1.82, 2.24) is 4.98 Å². The molecule has 2 aromatic rings. The van der Waals surface area contributed by atoms with Crippen molar-refractivity contribution in [2.75, 3.05) is 0 Å². The van der Waals surface area contributed by atoms with E-state index >= 15 is 0 Å². The molecule has 100 valence electrons. The van der Waals surface area contributed by atoms with E-state index in [1.807, 2.05) is 30.3 Å². The minimum atomic E-state index is 0.0779. The van der Waals surface area contributed by atoms with E-state index in [0.717, 1.165) is 16.5 Å². The standard InChI is InChI=1S/C17H21NO/c1-11(2)16(12(3)4)17(19)14-7-8-15-13(10-14)6-5-9-18-15/h5-12,16H,1-4H3. The number of hydrogen-bond donors (Lipinski definition) is 0. The average molecular weight is 255 g/mol. The van der Waals surface area contributed by atoms with Gasteiger partial charge in [-0.3, -0.25) is 9.78 Å². The van der Waals surface area contributed by atoms with Gasteiger partial charge in [0.2, 0.25) is 0 Å². The Kier molecular flexibility index (Phi) is 3.98. The van der Waals surface area contributed by atoms with E-state index in [-0.39, 0.29) is 11.7 Å². The summed E-state index contributed by atoms with van der Waals surface area (Å²) in [6.07, 6.45) is 1.77. The third-order valence-corrected chi connectivity index (χ3v) is 3.63. The number of Topliss-reactive ketones (excluding diaryl/α,β-unsaturated/α-hetero) is 1. The summed E-state index contributed by atoms with van der Waals surface area (Å²) in [4.78, 5) is 16.9. The van der Waals surface area contributed by atoms with E-state index in [4.69, 9.17) is 0 Å². The van der Waals surface area contributed by atoms with Gasteiger partial charge in [0.15, 0.2) is 5.78 Å². The second kappa shape index (κ2) is 5.52. The SMILES string of the molecule is CC(C)C(C(=O)c1ccc2ncccc2c1)C(C)C. The van der Waals surface area contributed by atoms with Gasteiger partial charge in [-0.2, -0.15) is 0 Å². The van der Waals surface area contributed by atoms with Crippen LogP contribution in [-0.2, 0) is 0 Å². The smallest absolute Gasteiger partial charge is 0.166 e. The number of carbonyl (C=O) groups excluding carboxylic acids is 1. The highest BCUT2D eigenvalue weighted by Crippen LogP contribution is 2.26. The molecule has 0 aliphatic heterocycles. The molecule has 0 fully saturated rings. The van der Waals surface area contributed by atoms with Gasteiger partial charge >= 0.3 is 0 Å². The fraction of sp³-hybridized carbons (Fsp3) is 0.412. The Morgan fingerprint density at radius 3 is 2.37 bits per heavy atom. The molecule has 0 spiro atoms. The molecule has 1 aromatic carbocycles. The van der Waals surface area contributed by atoms with E-state index in [1.165, 1.54) is 0 Å². The van der Waals surface area contributed by atoms with E-state index in [2.05, 4.69) is 32.7 Å². The van der Waals surface area contributed by atoms with Crippen molar-refractivity contribution in [3.63, 3.8) is 0 Å². The molecule has 0 aliphatic carbocycles. The van der Waals surface area contributed by atoms with Crippen molar-refractivity contribution < 1.29 is 4.79 Å². The van der Waals surface area contributed by atoms with Crippen LogP contribution in [0.2, 0.25) is 0 Å². The number of rotatable bonds is 4. The highest BCUT2D eigenvalue weighted by molar-refractivity contribution is 6.01. The summed E-state index contributed by atoms with van der Waals surface area (Å²) in [5, 5.41) is 1.03. The quantitative estimate of drug-likeness (QED) is 0.760. The van der Waals surface area contributed by atoms with Crippen LogP contribution in [0, 0.1) is 17.8 Å². The Labute approximate surface area is 114 Å². The topological polar surface area (TPSA) is 30.0 Å². The summed E-state index contributed by atoms with van der Waals surface area (Å²) in [5.74, 6) is 1.04. The van der Waals surface area contributed by atoms with E-state index < -0.39 is 0 Å². The first-order valence-electron chi connectivity index (χ1n) is 6.89. The lowest BCUT2D eigenvalue weighted by Crippen LogP contribution is -2.25. The molecule has 2 heteroatoms. The molecule has 2 nitrogen and oxygen atoms in total. The third kappa shape index (κ3) is 2.83. The minimum Gasteiger partial charge on any atom is -0.294 e. The molecule has 0 bridgehead atoms. The number of ketones is 1. The van der Waals surface area contributed by atoms with Gasteiger partial charge in [0, 0.05) is 23.1 Å². The molecule has 19 heavy (non-hydrogen) atoms. The molecule has 0 amide bonds. The van der Waals surface area contributed by atoms with Crippen LogP contribution in [-0.4, -0.2) is 10.8 Å². The van der Waals surface area contributed by atoms with Crippen molar-refractivity contribution in [3.8, 4) is 0 Å². The number of carbonyl (C=O) groups is 1. The number of nitrogens with zero attached hydrogens (tertiary/aromatic N) is 1. The van der Waals surface area contributed by atoms with Crippen molar-refractivity contribution in [2.24, 2.45) is 17.8 Å². The molecule has 0 saturated carbocycles. The normalized spacial score (nSPS) is 11.7. The summed E-state index contributed by atoms with van der Waals surface area (Å²) in [5.41, 5.74) is 1.73. The van der Waals surface area contributed by atoms with Crippen LogP contribution in [0.3, 0.4) is 0 Å². The van der Waals surface area contributed by atoms with E-state index in [9.17, 15) is 4.79 Å². The maximum Gasteiger partial charge on any atom is 0.166 e. The molecule has 1 heterocycles. The zero-order valence-corrected chi connectivity index (χ0v) is 12.1. The molecule has 0 saturated heterocycles. The van der Waals surface area contributed by atoms with Gasteiger partial charge < -0.3 is 0 Å². The van der Waals surface area contributed by atoms with Crippen molar-refractivity contribution in [1.29, 1.82) is 0 Å².